The molecule has 110 valence electrons. The highest BCUT2D eigenvalue weighted by Crippen LogP contribution is 2.60. The van der Waals surface area contributed by atoms with E-state index in [2.05, 4.69) is 46.4 Å². The number of fused-ring (bicyclic) bond motifs is 1. The second-order valence-corrected chi connectivity index (χ2v) is 7.44. The van der Waals surface area contributed by atoms with E-state index in [-0.39, 0.29) is 0 Å². The van der Waals surface area contributed by atoms with Crippen LogP contribution in [0.3, 0.4) is 0 Å². The fourth-order valence-electron chi connectivity index (χ4n) is 4.00. The second kappa shape index (κ2) is 5.69. The van der Waals surface area contributed by atoms with Crippen molar-refractivity contribution >= 4 is 15.9 Å². The average Bonchev–Trinajstić information content (AvgIpc) is 3.05. The summed E-state index contributed by atoms with van der Waals surface area (Å²) in [6.07, 6.45) is 5.50. The van der Waals surface area contributed by atoms with Crippen molar-refractivity contribution in [2.75, 3.05) is 20.2 Å². The van der Waals surface area contributed by atoms with Gasteiger partial charge in [0.05, 0.1) is 11.6 Å². The van der Waals surface area contributed by atoms with Gasteiger partial charge in [0.1, 0.15) is 5.75 Å². The van der Waals surface area contributed by atoms with Gasteiger partial charge in [-0.3, -0.25) is 0 Å². The highest BCUT2D eigenvalue weighted by atomic mass is 79.9. The van der Waals surface area contributed by atoms with Crippen LogP contribution in [0.2, 0.25) is 0 Å². The fraction of sp³-hybridized carbons (Fsp3) is 0.647. The van der Waals surface area contributed by atoms with Gasteiger partial charge in [0.15, 0.2) is 0 Å². The molecular weight excluding hydrogens is 314 g/mol. The van der Waals surface area contributed by atoms with Gasteiger partial charge in [0.2, 0.25) is 0 Å². The van der Waals surface area contributed by atoms with Crippen molar-refractivity contribution < 1.29 is 4.74 Å². The van der Waals surface area contributed by atoms with E-state index in [0.717, 1.165) is 28.6 Å². The highest BCUT2D eigenvalue weighted by molar-refractivity contribution is 9.10. The van der Waals surface area contributed by atoms with E-state index >= 15 is 0 Å². The van der Waals surface area contributed by atoms with Gasteiger partial charge < -0.3 is 10.1 Å². The molecule has 0 heterocycles. The molecule has 0 spiro atoms. The molecule has 2 unspecified atom stereocenters. The van der Waals surface area contributed by atoms with E-state index in [1.807, 2.05) is 0 Å². The summed E-state index contributed by atoms with van der Waals surface area (Å²) in [6, 6.07) is 6.54. The predicted molar refractivity (Wildman–Crippen MR) is 86.2 cm³/mol. The molecular formula is C17H24BrNO. The van der Waals surface area contributed by atoms with Gasteiger partial charge in [-0.1, -0.05) is 13.0 Å². The Labute approximate surface area is 130 Å². The maximum atomic E-state index is 5.32. The second-order valence-electron chi connectivity index (χ2n) is 6.59. The Kier molecular flexibility index (Phi) is 4.09. The average molecular weight is 338 g/mol. The monoisotopic (exact) mass is 337 g/mol. The van der Waals surface area contributed by atoms with E-state index < -0.39 is 0 Å². The van der Waals surface area contributed by atoms with Crippen LogP contribution in [-0.4, -0.2) is 20.2 Å². The molecule has 1 N–H and O–H groups in total. The minimum atomic E-state index is 0.484. The van der Waals surface area contributed by atoms with E-state index in [1.54, 1.807) is 7.11 Å². The number of hydrogen-bond donors (Lipinski definition) is 1. The molecule has 1 aromatic carbocycles. The molecule has 20 heavy (non-hydrogen) atoms. The first kappa shape index (κ1) is 14.4. The maximum Gasteiger partial charge on any atom is 0.133 e. The topological polar surface area (TPSA) is 21.3 Å². The number of methoxy groups -OCH3 is 1. The van der Waals surface area contributed by atoms with Crippen molar-refractivity contribution in [1.82, 2.24) is 5.32 Å². The molecule has 0 bridgehead atoms. The number of hydrogen-bond acceptors (Lipinski definition) is 2. The third-order valence-electron chi connectivity index (χ3n) is 5.00. The summed E-state index contributed by atoms with van der Waals surface area (Å²) in [6.45, 7) is 4.44. The first-order valence-electron chi connectivity index (χ1n) is 7.69. The summed E-state index contributed by atoms with van der Waals surface area (Å²) in [5.41, 5.74) is 1.91. The molecule has 2 aliphatic carbocycles. The van der Waals surface area contributed by atoms with Crippen LogP contribution in [-0.2, 0) is 6.42 Å². The van der Waals surface area contributed by atoms with Gasteiger partial charge in [-0.05, 0) is 83.1 Å². The third-order valence-corrected chi connectivity index (χ3v) is 5.62. The molecule has 0 amide bonds. The summed E-state index contributed by atoms with van der Waals surface area (Å²) < 4.78 is 6.39. The zero-order valence-electron chi connectivity index (χ0n) is 12.4. The van der Waals surface area contributed by atoms with Crippen LogP contribution in [0, 0.1) is 17.3 Å². The summed E-state index contributed by atoms with van der Waals surface area (Å²) in [5, 5.41) is 3.59. The fourth-order valence-corrected chi connectivity index (χ4v) is 4.59. The SMILES string of the molecule is CCNCC1(Cc2ccc(OC)c(Br)c2)CC2CC2C1. The molecule has 1 aromatic rings. The molecule has 0 radical (unpaired) electrons. The summed E-state index contributed by atoms with van der Waals surface area (Å²) in [4.78, 5) is 0. The molecule has 0 aromatic heterocycles. The van der Waals surface area contributed by atoms with Crippen LogP contribution in [0.15, 0.2) is 22.7 Å². The standard InChI is InChI=1S/C17H24BrNO/c1-3-19-11-17(9-13-7-14(13)10-17)8-12-4-5-16(20-2)15(18)6-12/h4-6,13-14,19H,3,7-11H2,1-2H3. The molecule has 2 nitrogen and oxygen atoms in total. The Hall–Kier alpha value is -0.540. The van der Waals surface area contributed by atoms with Crippen molar-refractivity contribution in [1.29, 1.82) is 0 Å². The highest BCUT2D eigenvalue weighted by Gasteiger charge is 2.53. The van der Waals surface area contributed by atoms with Crippen molar-refractivity contribution in [3.05, 3.63) is 28.2 Å². The van der Waals surface area contributed by atoms with Crippen molar-refractivity contribution in [2.45, 2.75) is 32.6 Å². The Balaban J connectivity index is 1.74. The van der Waals surface area contributed by atoms with Gasteiger partial charge in [-0.15, -0.1) is 0 Å². The lowest BCUT2D eigenvalue weighted by Gasteiger charge is -2.31. The first-order chi connectivity index (χ1) is 9.65. The number of nitrogens with one attached hydrogen (secondary N) is 1. The van der Waals surface area contributed by atoms with Gasteiger partial charge in [-0.25, -0.2) is 0 Å². The van der Waals surface area contributed by atoms with Crippen molar-refractivity contribution in [3.8, 4) is 5.75 Å². The van der Waals surface area contributed by atoms with E-state index in [9.17, 15) is 0 Å². The molecule has 2 atom stereocenters. The van der Waals surface area contributed by atoms with Gasteiger partial charge in [-0.2, -0.15) is 0 Å². The Morgan fingerprint density at radius 1 is 1.35 bits per heavy atom. The zero-order chi connectivity index (χ0) is 14.2. The molecule has 2 aliphatic rings. The van der Waals surface area contributed by atoms with Crippen LogP contribution in [0.4, 0.5) is 0 Å². The first-order valence-corrected chi connectivity index (χ1v) is 8.48. The smallest absolute Gasteiger partial charge is 0.133 e. The lowest BCUT2D eigenvalue weighted by atomic mass is 9.77. The summed E-state index contributed by atoms with van der Waals surface area (Å²) in [7, 11) is 1.72. The number of halogens is 1. The Morgan fingerprint density at radius 3 is 2.70 bits per heavy atom. The van der Waals surface area contributed by atoms with Crippen LogP contribution >= 0.6 is 15.9 Å². The number of ether oxygens (including phenoxy) is 1. The van der Waals surface area contributed by atoms with Crippen LogP contribution in [0.25, 0.3) is 0 Å². The number of benzene rings is 1. The molecule has 2 saturated carbocycles. The molecule has 0 aliphatic heterocycles. The maximum absolute atomic E-state index is 5.32. The lowest BCUT2D eigenvalue weighted by molar-refractivity contribution is 0.250. The predicted octanol–water partition coefficient (Wildman–Crippen LogP) is 4.03. The summed E-state index contributed by atoms with van der Waals surface area (Å²) >= 11 is 3.61. The van der Waals surface area contributed by atoms with Gasteiger partial charge in [0, 0.05) is 6.54 Å². The van der Waals surface area contributed by atoms with Crippen LogP contribution in [0.1, 0.15) is 31.7 Å². The largest absolute Gasteiger partial charge is 0.496 e. The molecule has 2 fully saturated rings. The van der Waals surface area contributed by atoms with E-state index in [1.165, 1.54) is 37.8 Å². The van der Waals surface area contributed by atoms with Crippen LogP contribution < -0.4 is 10.1 Å². The van der Waals surface area contributed by atoms with E-state index in [0.29, 0.717) is 5.41 Å². The number of rotatable bonds is 6. The summed E-state index contributed by atoms with van der Waals surface area (Å²) in [5.74, 6) is 2.97. The van der Waals surface area contributed by atoms with Gasteiger partial charge in [0.25, 0.3) is 0 Å². The zero-order valence-corrected chi connectivity index (χ0v) is 14.0. The normalized spacial score (nSPS) is 31.1. The minimum Gasteiger partial charge on any atom is -0.496 e. The quantitative estimate of drug-likeness (QED) is 0.846. The van der Waals surface area contributed by atoms with Gasteiger partial charge >= 0.3 is 0 Å². The Bertz CT molecular complexity index is 478. The minimum absolute atomic E-state index is 0.484. The molecule has 0 saturated heterocycles. The molecule has 3 rings (SSSR count). The van der Waals surface area contributed by atoms with Crippen molar-refractivity contribution in [3.63, 3.8) is 0 Å². The lowest BCUT2D eigenvalue weighted by Crippen LogP contribution is -2.35. The van der Waals surface area contributed by atoms with E-state index in [4.69, 9.17) is 4.74 Å². The Morgan fingerprint density at radius 2 is 2.10 bits per heavy atom. The van der Waals surface area contributed by atoms with Crippen LogP contribution in [0.5, 0.6) is 5.75 Å². The molecule has 3 heteroatoms. The van der Waals surface area contributed by atoms with Crippen molar-refractivity contribution in [2.24, 2.45) is 17.3 Å². The third kappa shape index (κ3) is 2.89.